The molecule has 0 spiro atoms. The molecular formula is C20H14BrClFN5. The van der Waals surface area contributed by atoms with Gasteiger partial charge >= 0.3 is 0 Å². The Morgan fingerprint density at radius 3 is 2.93 bits per heavy atom. The average Bonchev–Trinajstić information content (AvgIpc) is 3.20. The minimum atomic E-state index is -0.352. The SMILES string of the molecule is Cc1ncn2c1Cn1nc(Cc3c(F)cccc3Cl)nc1-c1cc(Br)ccc1-2. The van der Waals surface area contributed by atoms with Crippen molar-refractivity contribution < 1.29 is 4.39 Å². The van der Waals surface area contributed by atoms with Crippen molar-refractivity contribution in [1.29, 1.82) is 0 Å². The van der Waals surface area contributed by atoms with Crippen LogP contribution in [0.25, 0.3) is 17.1 Å². The summed E-state index contributed by atoms with van der Waals surface area (Å²) in [7, 11) is 0. The van der Waals surface area contributed by atoms with E-state index in [0.717, 1.165) is 32.9 Å². The van der Waals surface area contributed by atoms with Crippen LogP contribution in [0.3, 0.4) is 0 Å². The molecular weight excluding hydrogens is 445 g/mol. The molecule has 28 heavy (non-hydrogen) atoms. The van der Waals surface area contributed by atoms with Crippen LogP contribution in [0.15, 0.2) is 47.2 Å². The lowest BCUT2D eigenvalue weighted by Crippen LogP contribution is -2.06. The highest BCUT2D eigenvalue weighted by atomic mass is 79.9. The molecule has 0 unspecified atom stereocenters. The number of halogens is 3. The molecule has 2 aromatic heterocycles. The van der Waals surface area contributed by atoms with E-state index >= 15 is 0 Å². The molecule has 0 amide bonds. The van der Waals surface area contributed by atoms with Gasteiger partial charge in [-0.1, -0.05) is 33.6 Å². The van der Waals surface area contributed by atoms with Gasteiger partial charge in [0.1, 0.15) is 5.82 Å². The molecule has 140 valence electrons. The van der Waals surface area contributed by atoms with Crippen LogP contribution in [0.4, 0.5) is 4.39 Å². The molecule has 2 aromatic carbocycles. The summed E-state index contributed by atoms with van der Waals surface area (Å²) in [6, 6.07) is 10.7. The minimum Gasteiger partial charge on any atom is -0.300 e. The second-order valence-corrected chi connectivity index (χ2v) is 8.02. The first-order chi connectivity index (χ1) is 13.5. The minimum absolute atomic E-state index is 0.229. The normalized spacial score (nSPS) is 12.3. The van der Waals surface area contributed by atoms with Crippen molar-refractivity contribution >= 4 is 27.5 Å². The Kier molecular flexibility index (Phi) is 4.10. The monoisotopic (exact) mass is 457 g/mol. The first-order valence-electron chi connectivity index (χ1n) is 8.71. The van der Waals surface area contributed by atoms with Crippen LogP contribution >= 0.6 is 27.5 Å². The fourth-order valence-corrected chi connectivity index (χ4v) is 4.12. The number of hydrogen-bond donors (Lipinski definition) is 0. The third-order valence-electron chi connectivity index (χ3n) is 4.95. The lowest BCUT2D eigenvalue weighted by atomic mass is 10.1. The van der Waals surface area contributed by atoms with Crippen LogP contribution in [-0.2, 0) is 13.0 Å². The Bertz CT molecular complexity index is 1210. The largest absolute Gasteiger partial charge is 0.300 e. The molecule has 0 bridgehead atoms. The van der Waals surface area contributed by atoms with E-state index < -0.39 is 0 Å². The zero-order valence-corrected chi connectivity index (χ0v) is 17.2. The quantitative estimate of drug-likeness (QED) is 0.376. The van der Waals surface area contributed by atoms with Crippen molar-refractivity contribution in [2.24, 2.45) is 0 Å². The molecule has 8 heteroatoms. The third-order valence-corrected chi connectivity index (χ3v) is 5.79. The molecule has 3 heterocycles. The van der Waals surface area contributed by atoms with Crippen LogP contribution in [0.1, 0.15) is 22.8 Å². The van der Waals surface area contributed by atoms with Gasteiger partial charge < -0.3 is 4.57 Å². The summed E-state index contributed by atoms with van der Waals surface area (Å²) in [5, 5.41) is 5.04. The molecule has 0 radical (unpaired) electrons. The van der Waals surface area contributed by atoms with E-state index in [1.54, 1.807) is 12.1 Å². The molecule has 0 N–H and O–H groups in total. The number of benzene rings is 2. The number of hydrogen-bond acceptors (Lipinski definition) is 3. The Morgan fingerprint density at radius 1 is 1.25 bits per heavy atom. The second-order valence-electron chi connectivity index (χ2n) is 6.69. The van der Waals surface area contributed by atoms with Gasteiger partial charge in [-0.25, -0.2) is 19.0 Å². The summed E-state index contributed by atoms with van der Waals surface area (Å²) >= 11 is 9.73. The van der Waals surface area contributed by atoms with Gasteiger partial charge in [0.25, 0.3) is 0 Å². The number of fused-ring (bicyclic) bond motifs is 5. The van der Waals surface area contributed by atoms with Gasteiger partial charge in [-0.3, -0.25) is 0 Å². The summed E-state index contributed by atoms with van der Waals surface area (Å²) in [5.74, 6) is 0.912. The van der Waals surface area contributed by atoms with Crippen LogP contribution in [-0.4, -0.2) is 24.3 Å². The number of rotatable bonds is 2. The lowest BCUT2D eigenvalue weighted by Gasteiger charge is -2.09. The molecule has 5 nitrogen and oxygen atoms in total. The van der Waals surface area contributed by atoms with Crippen LogP contribution in [0.2, 0.25) is 5.02 Å². The summed E-state index contributed by atoms with van der Waals surface area (Å²) < 4.78 is 19.1. The molecule has 4 aromatic rings. The standard InChI is InChI=1S/C20H14BrClFN5/c1-11-18-9-28-20(14-7-12(21)5-6-17(14)27(18)10-24-11)25-19(26-28)8-13-15(22)3-2-4-16(13)23/h2-7,10H,8-9H2,1H3. The van der Waals surface area contributed by atoms with Gasteiger partial charge in [0, 0.05) is 27.0 Å². The fourth-order valence-electron chi connectivity index (χ4n) is 3.53. The first-order valence-corrected chi connectivity index (χ1v) is 9.88. The molecule has 0 saturated heterocycles. The Labute approximate surface area is 173 Å². The van der Waals surface area contributed by atoms with Crippen molar-refractivity contribution in [3.05, 3.63) is 80.8 Å². The predicted octanol–water partition coefficient (Wildman–Crippen LogP) is 4.95. The summed E-state index contributed by atoms with van der Waals surface area (Å²) in [6.45, 7) is 2.51. The molecule has 5 rings (SSSR count). The van der Waals surface area contributed by atoms with Crippen molar-refractivity contribution in [2.75, 3.05) is 0 Å². The average molecular weight is 459 g/mol. The number of imidazole rings is 1. The van der Waals surface area contributed by atoms with Crippen molar-refractivity contribution in [1.82, 2.24) is 24.3 Å². The predicted molar refractivity (Wildman–Crippen MR) is 108 cm³/mol. The van der Waals surface area contributed by atoms with Gasteiger partial charge in [-0.15, -0.1) is 0 Å². The molecule has 0 fully saturated rings. The lowest BCUT2D eigenvalue weighted by molar-refractivity contribution is 0.610. The summed E-state index contributed by atoms with van der Waals surface area (Å²) in [6.07, 6.45) is 2.05. The number of aromatic nitrogens is 5. The maximum absolute atomic E-state index is 14.2. The number of nitrogens with zero attached hydrogens (tertiary/aromatic N) is 5. The third kappa shape index (κ3) is 2.77. The number of aryl methyl sites for hydroxylation is 1. The summed E-state index contributed by atoms with van der Waals surface area (Å²) in [5.41, 5.74) is 4.31. The molecule has 0 atom stereocenters. The van der Waals surface area contributed by atoms with Gasteiger partial charge in [0.15, 0.2) is 11.6 Å². The molecule has 0 saturated carbocycles. The zero-order valence-electron chi connectivity index (χ0n) is 14.8. The van der Waals surface area contributed by atoms with E-state index in [1.807, 2.05) is 36.1 Å². The van der Waals surface area contributed by atoms with Gasteiger partial charge in [-0.2, -0.15) is 5.10 Å². The molecule has 1 aliphatic rings. The van der Waals surface area contributed by atoms with E-state index in [0.29, 0.717) is 23.0 Å². The van der Waals surface area contributed by atoms with E-state index in [-0.39, 0.29) is 12.2 Å². The highest BCUT2D eigenvalue weighted by molar-refractivity contribution is 9.10. The van der Waals surface area contributed by atoms with Gasteiger partial charge in [-0.05, 0) is 37.3 Å². The zero-order chi connectivity index (χ0) is 19.4. The van der Waals surface area contributed by atoms with Crippen LogP contribution in [0.5, 0.6) is 0 Å². The Morgan fingerprint density at radius 2 is 2.11 bits per heavy atom. The maximum atomic E-state index is 14.2. The van der Waals surface area contributed by atoms with Gasteiger partial charge in [0.2, 0.25) is 0 Å². The molecule has 0 aliphatic carbocycles. The molecule has 1 aliphatic heterocycles. The Hall–Kier alpha value is -2.51. The topological polar surface area (TPSA) is 48.5 Å². The first kappa shape index (κ1) is 17.6. The Balaban J connectivity index is 1.67. The fraction of sp³-hybridized carbons (Fsp3) is 0.150. The highest BCUT2D eigenvalue weighted by Gasteiger charge is 2.24. The van der Waals surface area contributed by atoms with Crippen molar-refractivity contribution in [3.63, 3.8) is 0 Å². The van der Waals surface area contributed by atoms with E-state index in [9.17, 15) is 4.39 Å². The maximum Gasteiger partial charge on any atom is 0.160 e. The van der Waals surface area contributed by atoms with Crippen LogP contribution in [0, 0.1) is 12.7 Å². The van der Waals surface area contributed by atoms with E-state index in [4.69, 9.17) is 16.6 Å². The van der Waals surface area contributed by atoms with Crippen molar-refractivity contribution in [2.45, 2.75) is 19.9 Å². The van der Waals surface area contributed by atoms with Gasteiger partial charge in [0.05, 0.1) is 29.9 Å². The van der Waals surface area contributed by atoms with E-state index in [1.165, 1.54) is 6.07 Å². The summed E-state index contributed by atoms with van der Waals surface area (Å²) in [4.78, 5) is 9.19. The van der Waals surface area contributed by atoms with Crippen molar-refractivity contribution in [3.8, 4) is 17.1 Å². The van der Waals surface area contributed by atoms with E-state index in [2.05, 4.69) is 30.6 Å². The second kappa shape index (κ2) is 6.53. The smallest absolute Gasteiger partial charge is 0.160 e. The highest BCUT2D eigenvalue weighted by Crippen LogP contribution is 2.34. The van der Waals surface area contributed by atoms with Crippen LogP contribution < -0.4 is 0 Å².